The fourth-order valence-electron chi connectivity index (χ4n) is 2.84. The minimum Gasteiger partial charge on any atom is -0.325 e. The minimum atomic E-state index is -0.206. The van der Waals surface area contributed by atoms with Gasteiger partial charge in [-0.15, -0.1) is 0 Å². The molecule has 1 aromatic rings. The zero-order chi connectivity index (χ0) is 13.0. The van der Waals surface area contributed by atoms with Crippen molar-refractivity contribution in [2.24, 2.45) is 5.73 Å². The molecule has 3 heteroatoms. The highest BCUT2D eigenvalue weighted by molar-refractivity contribution is 9.10. The van der Waals surface area contributed by atoms with Gasteiger partial charge < -0.3 is 5.73 Å². The van der Waals surface area contributed by atoms with Crippen molar-refractivity contribution in [3.63, 3.8) is 0 Å². The number of hydrogen-bond donors (Lipinski definition) is 1. The summed E-state index contributed by atoms with van der Waals surface area (Å²) >= 11 is 3.24. The van der Waals surface area contributed by atoms with Crippen LogP contribution in [0.15, 0.2) is 22.7 Å². The molecule has 100 valence electrons. The lowest BCUT2D eigenvalue weighted by atomic mass is 9.80. The fourth-order valence-corrected chi connectivity index (χ4v) is 3.27. The Morgan fingerprint density at radius 3 is 2.33 bits per heavy atom. The molecule has 0 amide bonds. The van der Waals surface area contributed by atoms with Gasteiger partial charge in [0.25, 0.3) is 0 Å². The quantitative estimate of drug-likeness (QED) is 0.850. The summed E-state index contributed by atoms with van der Waals surface area (Å²) in [4.78, 5) is 0. The highest BCUT2D eigenvalue weighted by Gasteiger charge is 2.25. The Morgan fingerprint density at radius 2 is 1.72 bits per heavy atom. The Bertz CT molecular complexity index is 397. The van der Waals surface area contributed by atoms with Crippen LogP contribution in [0.1, 0.15) is 50.5 Å². The van der Waals surface area contributed by atoms with Gasteiger partial charge in [0.15, 0.2) is 0 Å². The molecule has 1 aromatic carbocycles. The molecule has 1 fully saturated rings. The molecule has 0 bridgehead atoms. The van der Waals surface area contributed by atoms with E-state index in [1.54, 1.807) is 0 Å². The van der Waals surface area contributed by atoms with Crippen LogP contribution >= 0.6 is 15.9 Å². The predicted molar refractivity (Wildman–Crippen MR) is 77.0 cm³/mol. The first-order valence-corrected chi connectivity index (χ1v) is 7.61. The predicted octanol–water partition coefficient (Wildman–Crippen LogP) is 4.57. The van der Waals surface area contributed by atoms with Gasteiger partial charge in [-0.3, -0.25) is 0 Å². The third-order valence-corrected chi connectivity index (χ3v) is 4.50. The van der Waals surface area contributed by atoms with Crippen LogP contribution in [0.2, 0.25) is 0 Å². The smallest absolute Gasteiger partial charge is 0.137 e. The van der Waals surface area contributed by atoms with Crippen molar-refractivity contribution in [3.05, 3.63) is 34.1 Å². The van der Waals surface area contributed by atoms with Crippen LogP contribution in [-0.2, 0) is 6.42 Å². The molecular formula is C15H21BrFN. The normalized spacial score (nSPS) is 20.2. The lowest BCUT2D eigenvalue weighted by Crippen LogP contribution is -2.42. The molecule has 0 heterocycles. The zero-order valence-corrected chi connectivity index (χ0v) is 12.3. The summed E-state index contributed by atoms with van der Waals surface area (Å²) in [7, 11) is 0. The minimum absolute atomic E-state index is 0.0995. The van der Waals surface area contributed by atoms with Crippen LogP contribution in [0, 0.1) is 5.82 Å². The number of benzene rings is 1. The van der Waals surface area contributed by atoms with E-state index in [1.807, 2.05) is 12.1 Å². The van der Waals surface area contributed by atoms with Crippen molar-refractivity contribution in [1.29, 1.82) is 0 Å². The maximum atomic E-state index is 13.2. The van der Waals surface area contributed by atoms with Gasteiger partial charge in [-0.2, -0.15) is 0 Å². The number of hydrogen-bond acceptors (Lipinski definition) is 1. The van der Waals surface area contributed by atoms with Crippen molar-refractivity contribution in [3.8, 4) is 0 Å². The van der Waals surface area contributed by atoms with Crippen molar-refractivity contribution in [2.75, 3.05) is 0 Å². The molecule has 0 aliphatic heterocycles. The van der Waals surface area contributed by atoms with Gasteiger partial charge in [0.2, 0.25) is 0 Å². The number of rotatable bonds is 2. The Labute approximate surface area is 117 Å². The van der Waals surface area contributed by atoms with E-state index in [9.17, 15) is 4.39 Å². The molecular weight excluding hydrogens is 293 g/mol. The number of halogens is 2. The van der Waals surface area contributed by atoms with Gasteiger partial charge in [0, 0.05) is 5.54 Å². The maximum Gasteiger partial charge on any atom is 0.137 e. The Hall–Kier alpha value is -0.410. The summed E-state index contributed by atoms with van der Waals surface area (Å²) < 4.78 is 13.7. The van der Waals surface area contributed by atoms with E-state index in [2.05, 4.69) is 15.9 Å². The van der Waals surface area contributed by atoms with Crippen molar-refractivity contribution in [2.45, 2.75) is 56.9 Å². The third kappa shape index (κ3) is 3.79. The van der Waals surface area contributed by atoms with E-state index in [4.69, 9.17) is 5.73 Å². The average molecular weight is 314 g/mol. The highest BCUT2D eigenvalue weighted by atomic mass is 79.9. The van der Waals surface area contributed by atoms with Crippen molar-refractivity contribution < 1.29 is 4.39 Å². The maximum absolute atomic E-state index is 13.2. The Morgan fingerprint density at radius 1 is 1.11 bits per heavy atom. The van der Waals surface area contributed by atoms with E-state index in [1.165, 1.54) is 38.2 Å². The molecule has 18 heavy (non-hydrogen) atoms. The second-order valence-corrected chi connectivity index (χ2v) is 6.41. The molecule has 0 saturated heterocycles. The molecule has 2 rings (SSSR count). The van der Waals surface area contributed by atoms with E-state index >= 15 is 0 Å². The standard InChI is InChI=1S/C15H21BrFN/c16-13-10-12(6-7-14(13)17)11-15(18)8-4-2-1-3-5-9-15/h6-7,10H,1-5,8-9,11,18H2. The molecule has 0 unspecified atom stereocenters. The molecule has 1 aliphatic carbocycles. The fraction of sp³-hybridized carbons (Fsp3) is 0.600. The largest absolute Gasteiger partial charge is 0.325 e. The molecule has 1 nitrogen and oxygen atoms in total. The van der Waals surface area contributed by atoms with Crippen LogP contribution < -0.4 is 5.73 Å². The summed E-state index contributed by atoms with van der Waals surface area (Å²) in [6.07, 6.45) is 9.41. The first-order valence-electron chi connectivity index (χ1n) is 6.82. The Balaban J connectivity index is 2.07. The molecule has 0 radical (unpaired) electrons. The molecule has 0 spiro atoms. The van der Waals surface area contributed by atoms with Gasteiger partial charge in [-0.25, -0.2) is 4.39 Å². The van der Waals surface area contributed by atoms with Gasteiger partial charge >= 0.3 is 0 Å². The van der Waals surface area contributed by atoms with Gasteiger partial charge in [0.05, 0.1) is 4.47 Å². The Kier molecular flexibility index (Phi) is 4.79. The second kappa shape index (κ2) is 6.16. The molecule has 2 N–H and O–H groups in total. The summed E-state index contributed by atoms with van der Waals surface area (Å²) in [5.74, 6) is -0.206. The lowest BCUT2D eigenvalue weighted by Gasteiger charge is -2.31. The average Bonchev–Trinajstić information content (AvgIpc) is 2.30. The van der Waals surface area contributed by atoms with E-state index in [0.29, 0.717) is 4.47 Å². The van der Waals surface area contributed by atoms with Gasteiger partial charge in [0.1, 0.15) is 5.82 Å². The summed E-state index contributed by atoms with van der Waals surface area (Å²) in [5.41, 5.74) is 7.57. The topological polar surface area (TPSA) is 26.0 Å². The third-order valence-electron chi connectivity index (χ3n) is 3.89. The van der Waals surface area contributed by atoms with Crippen molar-refractivity contribution >= 4 is 15.9 Å². The van der Waals surface area contributed by atoms with Crippen molar-refractivity contribution in [1.82, 2.24) is 0 Å². The summed E-state index contributed by atoms with van der Waals surface area (Å²) in [6, 6.07) is 5.24. The van der Waals surface area contributed by atoms with Crippen LogP contribution in [0.3, 0.4) is 0 Å². The monoisotopic (exact) mass is 313 g/mol. The van der Waals surface area contributed by atoms with E-state index in [0.717, 1.165) is 24.8 Å². The zero-order valence-electron chi connectivity index (χ0n) is 10.7. The van der Waals surface area contributed by atoms with Crippen LogP contribution in [0.5, 0.6) is 0 Å². The first kappa shape index (κ1) is 14.0. The van der Waals surface area contributed by atoms with Crippen LogP contribution in [0.4, 0.5) is 4.39 Å². The first-order chi connectivity index (χ1) is 8.59. The number of nitrogens with two attached hydrogens (primary N) is 1. The SMILES string of the molecule is NC1(Cc2ccc(F)c(Br)c2)CCCCCCC1. The van der Waals surface area contributed by atoms with Gasteiger partial charge in [-0.1, -0.05) is 38.2 Å². The summed E-state index contributed by atoms with van der Waals surface area (Å²) in [5, 5.41) is 0. The van der Waals surface area contributed by atoms with E-state index in [-0.39, 0.29) is 11.4 Å². The molecule has 1 aliphatic rings. The highest BCUT2D eigenvalue weighted by Crippen LogP contribution is 2.28. The van der Waals surface area contributed by atoms with Gasteiger partial charge in [-0.05, 0) is 52.9 Å². The molecule has 0 atom stereocenters. The summed E-state index contributed by atoms with van der Waals surface area (Å²) in [6.45, 7) is 0. The molecule has 1 saturated carbocycles. The molecule has 0 aromatic heterocycles. The van der Waals surface area contributed by atoms with Crippen LogP contribution in [0.25, 0.3) is 0 Å². The van der Waals surface area contributed by atoms with Crippen LogP contribution in [-0.4, -0.2) is 5.54 Å². The van der Waals surface area contributed by atoms with E-state index < -0.39 is 0 Å². The lowest BCUT2D eigenvalue weighted by molar-refractivity contribution is 0.314. The second-order valence-electron chi connectivity index (χ2n) is 5.56.